The van der Waals surface area contributed by atoms with E-state index in [-0.39, 0.29) is 17.0 Å². The van der Waals surface area contributed by atoms with Crippen LogP contribution in [-0.4, -0.2) is 30.8 Å². The molecule has 1 aromatic carbocycles. The van der Waals surface area contributed by atoms with Crippen LogP contribution < -0.4 is 16.6 Å². The highest BCUT2D eigenvalue weighted by Gasteiger charge is 2.18. The Bertz CT molecular complexity index is 1200. The largest absolute Gasteiger partial charge is 0.332 e. The van der Waals surface area contributed by atoms with Gasteiger partial charge in [-0.3, -0.25) is 18.7 Å². The fourth-order valence-electron chi connectivity index (χ4n) is 2.95. The van der Waals surface area contributed by atoms with Crippen molar-refractivity contribution in [3.63, 3.8) is 0 Å². The number of carbonyl (C=O) groups is 1. The second-order valence-electron chi connectivity index (χ2n) is 6.75. The fraction of sp³-hybridized carbons (Fsp3) is 0.350. The molecule has 0 aliphatic heterocycles. The monoisotopic (exact) mass is 413 g/mol. The summed E-state index contributed by atoms with van der Waals surface area (Å²) in [4.78, 5) is 46.4. The van der Waals surface area contributed by atoms with Crippen molar-refractivity contribution in [2.24, 2.45) is 14.1 Å². The number of hydrogen-bond acceptors (Lipinski definition) is 6. The molecule has 3 rings (SSSR count). The Labute approximate surface area is 172 Å². The van der Waals surface area contributed by atoms with Crippen molar-refractivity contribution in [2.75, 3.05) is 11.1 Å². The van der Waals surface area contributed by atoms with Crippen LogP contribution in [-0.2, 0) is 25.3 Å². The van der Waals surface area contributed by atoms with Crippen molar-refractivity contribution in [3.05, 3.63) is 56.5 Å². The number of anilines is 1. The second-order valence-corrected chi connectivity index (χ2v) is 7.72. The van der Waals surface area contributed by atoms with Crippen molar-refractivity contribution < 1.29 is 4.79 Å². The van der Waals surface area contributed by atoms with E-state index in [1.165, 1.54) is 23.4 Å². The number of aryl methyl sites for hydroxylation is 3. The first-order chi connectivity index (χ1) is 13.8. The number of rotatable bonds is 6. The van der Waals surface area contributed by atoms with Gasteiger partial charge in [0.25, 0.3) is 5.56 Å². The standard InChI is InChI=1S/C20H23N5O3S/c1-5-8-14-22-17-16(19(27)25(4)20(28)24(17)3)18(23-14)29-11-15(26)21-13-10-7-6-9-12(13)2/h6-7,9-10H,5,8,11H2,1-4H3,(H,21,26). The van der Waals surface area contributed by atoms with Gasteiger partial charge >= 0.3 is 5.69 Å². The van der Waals surface area contributed by atoms with Gasteiger partial charge in [-0.2, -0.15) is 0 Å². The average Bonchev–Trinajstić information content (AvgIpc) is 2.70. The van der Waals surface area contributed by atoms with Crippen LogP contribution in [0.2, 0.25) is 0 Å². The van der Waals surface area contributed by atoms with Crippen molar-refractivity contribution in [1.29, 1.82) is 0 Å². The van der Waals surface area contributed by atoms with Gasteiger partial charge in [-0.1, -0.05) is 36.9 Å². The van der Waals surface area contributed by atoms with Crippen LogP contribution in [0.25, 0.3) is 11.0 Å². The summed E-state index contributed by atoms with van der Waals surface area (Å²) < 4.78 is 2.37. The average molecular weight is 414 g/mol. The predicted octanol–water partition coefficient (Wildman–Crippen LogP) is 2.02. The van der Waals surface area contributed by atoms with Crippen LogP contribution in [0.5, 0.6) is 0 Å². The van der Waals surface area contributed by atoms with Crippen LogP contribution >= 0.6 is 11.8 Å². The summed E-state index contributed by atoms with van der Waals surface area (Å²) >= 11 is 1.17. The lowest BCUT2D eigenvalue weighted by Gasteiger charge is -2.12. The summed E-state index contributed by atoms with van der Waals surface area (Å²) in [7, 11) is 3.00. The molecule has 3 aromatic rings. The Morgan fingerprint density at radius 3 is 2.55 bits per heavy atom. The van der Waals surface area contributed by atoms with E-state index >= 15 is 0 Å². The zero-order chi connectivity index (χ0) is 21.1. The molecule has 1 amide bonds. The molecule has 0 aliphatic rings. The van der Waals surface area contributed by atoms with E-state index in [0.29, 0.717) is 22.9 Å². The molecule has 2 aromatic heterocycles. The summed E-state index contributed by atoms with van der Waals surface area (Å²) in [6, 6.07) is 7.52. The lowest BCUT2D eigenvalue weighted by Crippen LogP contribution is -2.38. The first kappa shape index (κ1) is 20.8. The molecule has 0 aliphatic carbocycles. The number of carbonyl (C=O) groups excluding carboxylic acids is 1. The number of para-hydroxylation sites is 1. The minimum absolute atomic E-state index is 0.0814. The smallest absolute Gasteiger partial charge is 0.325 e. The molecule has 9 heteroatoms. The molecule has 2 heterocycles. The Hall–Kier alpha value is -2.94. The van der Waals surface area contributed by atoms with Gasteiger partial charge in [0.15, 0.2) is 5.65 Å². The van der Waals surface area contributed by atoms with Gasteiger partial charge < -0.3 is 5.32 Å². The van der Waals surface area contributed by atoms with Crippen molar-refractivity contribution in [3.8, 4) is 0 Å². The number of aromatic nitrogens is 4. The number of hydrogen-bond donors (Lipinski definition) is 1. The zero-order valence-corrected chi connectivity index (χ0v) is 17.7. The Morgan fingerprint density at radius 2 is 1.86 bits per heavy atom. The molecule has 152 valence electrons. The number of nitrogens with one attached hydrogen (secondary N) is 1. The molecule has 0 saturated carbocycles. The fourth-order valence-corrected chi connectivity index (χ4v) is 3.78. The highest BCUT2D eigenvalue weighted by Crippen LogP contribution is 2.23. The third-order valence-corrected chi connectivity index (χ3v) is 5.52. The number of amides is 1. The Kier molecular flexibility index (Phi) is 6.17. The van der Waals surface area contributed by atoms with Gasteiger partial charge in [-0.25, -0.2) is 14.8 Å². The van der Waals surface area contributed by atoms with E-state index in [4.69, 9.17) is 0 Å². The summed E-state index contributed by atoms with van der Waals surface area (Å²) in [6.45, 7) is 3.92. The van der Waals surface area contributed by atoms with E-state index in [2.05, 4.69) is 15.3 Å². The lowest BCUT2D eigenvalue weighted by atomic mass is 10.2. The summed E-state index contributed by atoms with van der Waals surface area (Å²) in [5, 5.41) is 3.54. The molecule has 8 nitrogen and oxygen atoms in total. The normalized spacial score (nSPS) is 11.0. The molecule has 0 unspecified atom stereocenters. The van der Waals surface area contributed by atoms with Crippen LogP contribution in [0.1, 0.15) is 24.7 Å². The van der Waals surface area contributed by atoms with E-state index in [1.807, 2.05) is 38.1 Å². The van der Waals surface area contributed by atoms with Crippen LogP contribution in [0.4, 0.5) is 5.69 Å². The predicted molar refractivity (Wildman–Crippen MR) is 115 cm³/mol. The molecule has 0 fully saturated rings. The van der Waals surface area contributed by atoms with Crippen LogP contribution in [0, 0.1) is 6.92 Å². The maximum absolute atomic E-state index is 12.7. The van der Waals surface area contributed by atoms with Gasteiger partial charge in [0, 0.05) is 26.2 Å². The number of thioether (sulfide) groups is 1. The van der Waals surface area contributed by atoms with Gasteiger partial charge in [0.05, 0.1) is 5.75 Å². The first-order valence-electron chi connectivity index (χ1n) is 9.28. The van der Waals surface area contributed by atoms with Crippen molar-refractivity contribution in [1.82, 2.24) is 19.1 Å². The SMILES string of the molecule is CCCc1nc(SCC(=O)Nc2ccccc2C)c2c(=O)n(C)c(=O)n(C)c2n1. The maximum atomic E-state index is 12.7. The minimum Gasteiger partial charge on any atom is -0.325 e. The Morgan fingerprint density at radius 1 is 1.14 bits per heavy atom. The molecule has 0 radical (unpaired) electrons. The summed E-state index contributed by atoms with van der Waals surface area (Å²) in [5.74, 6) is 0.428. The number of benzene rings is 1. The third kappa shape index (κ3) is 4.24. The molecule has 0 saturated heterocycles. The van der Waals surface area contributed by atoms with E-state index in [0.717, 1.165) is 22.2 Å². The first-order valence-corrected chi connectivity index (χ1v) is 10.3. The van der Waals surface area contributed by atoms with Crippen molar-refractivity contribution >= 4 is 34.4 Å². The number of fused-ring (bicyclic) bond motifs is 1. The molecule has 1 N–H and O–H groups in total. The molecule has 0 atom stereocenters. The molecule has 0 spiro atoms. The van der Waals surface area contributed by atoms with E-state index < -0.39 is 11.2 Å². The van der Waals surface area contributed by atoms with Gasteiger partial charge in [-0.15, -0.1) is 0 Å². The van der Waals surface area contributed by atoms with Gasteiger partial charge in [-0.05, 0) is 25.0 Å². The summed E-state index contributed by atoms with van der Waals surface area (Å²) in [5.41, 5.74) is 1.09. The zero-order valence-electron chi connectivity index (χ0n) is 16.9. The van der Waals surface area contributed by atoms with Gasteiger partial charge in [0.1, 0.15) is 16.2 Å². The minimum atomic E-state index is -0.465. The van der Waals surface area contributed by atoms with E-state index in [1.54, 1.807) is 7.05 Å². The summed E-state index contributed by atoms with van der Waals surface area (Å²) in [6.07, 6.45) is 1.44. The third-order valence-electron chi connectivity index (χ3n) is 4.55. The number of nitrogens with zero attached hydrogens (tertiary/aromatic N) is 4. The Balaban J connectivity index is 1.97. The highest BCUT2D eigenvalue weighted by molar-refractivity contribution is 8.00. The quantitative estimate of drug-likeness (QED) is 0.490. The van der Waals surface area contributed by atoms with Crippen LogP contribution in [0.3, 0.4) is 0 Å². The second kappa shape index (κ2) is 8.60. The van der Waals surface area contributed by atoms with E-state index in [9.17, 15) is 14.4 Å². The molecule has 29 heavy (non-hydrogen) atoms. The highest BCUT2D eigenvalue weighted by atomic mass is 32.2. The van der Waals surface area contributed by atoms with Crippen molar-refractivity contribution in [2.45, 2.75) is 31.7 Å². The van der Waals surface area contributed by atoms with Gasteiger partial charge in [0.2, 0.25) is 5.91 Å². The lowest BCUT2D eigenvalue weighted by molar-refractivity contribution is -0.113. The van der Waals surface area contributed by atoms with Crippen LogP contribution in [0.15, 0.2) is 38.9 Å². The molecular formula is C20H23N5O3S. The molecular weight excluding hydrogens is 390 g/mol. The maximum Gasteiger partial charge on any atom is 0.332 e. The molecule has 0 bridgehead atoms. The topological polar surface area (TPSA) is 98.9 Å².